The van der Waals surface area contributed by atoms with Gasteiger partial charge in [0.25, 0.3) is 5.91 Å². The van der Waals surface area contributed by atoms with Crippen LogP contribution >= 0.6 is 0 Å². The standard InChI is InChI=1S/C18H13N5O/c19-10-13-6-8-16(9-7-13)23-18-20-11-14(12-21-18)17(24)22-15-4-2-1-3-5-15/h1-9,11-12H,(H,22,24)(H,20,21,23). The third kappa shape index (κ3) is 3.72. The quantitative estimate of drug-likeness (QED) is 0.770. The first kappa shape index (κ1) is 15.2. The number of hydrogen-bond acceptors (Lipinski definition) is 5. The number of benzene rings is 2. The molecule has 0 bridgehead atoms. The number of amides is 1. The predicted molar refractivity (Wildman–Crippen MR) is 90.9 cm³/mol. The van der Waals surface area contributed by atoms with E-state index in [1.54, 1.807) is 36.4 Å². The maximum Gasteiger partial charge on any atom is 0.258 e. The third-order valence-electron chi connectivity index (χ3n) is 3.22. The Morgan fingerprint density at radius 2 is 1.58 bits per heavy atom. The Kier molecular flexibility index (Phi) is 4.45. The molecule has 0 spiro atoms. The van der Waals surface area contributed by atoms with Gasteiger partial charge < -0.3 is 10.6 Å². The Labute approximate surface area is 138 Å². The molecule has 0 saturated carbocycles. The molecule has 3 aromatic rings. The average molecular weight is 315 g/mol. The van der Waals surface area contributed by atoms with Crippen LogP contribution in [0.3, 0.4) is 0 Å². The van der Waals surface area contributed by atoms with Gasteiger partial charge >= 0.3 is 0 Å². The van der Waals surface area contributed by atoms with Gasteiger partial charge in [0, 0.05) is 23.8 Å². The highest BCUT2D eigenvalue weighted by atomic mass is 16.1. The van der Waals surface area contributed by atoms with Crippen molar-refractivity contribution in [3.8, 4) is 6.07 Å². The molecule has 0 aliphatic carbocycles. The fourth-order valence-electron chi connectivity index (χ4n) is 1.99. The topological polar surface area (TPSA) is 90.7 Å². The molecule has 6 nitrogen and oxygen atoms in total. The van der Waals surface area contributed by atoms with Gasteiger partial charge in [-0.1, -0.05) is 18.2 Å². The lowest BCUT2D eigenvalue weighted by Gasteiger charge is -2.06. The minimum absolute atomic E-state index is 0.272. The van der Waals surface area contributed by atoms with Gasteiger partial charge in [-0.2, -0.15) is 5.26 Å². The summed E-state index contributed by atoms with van der Waals surface area (Å²) >= 11 is 0. The summed E-state index contributed by atoms with van der Waals surface area (Å²) in [6.07, 6.45) is 2.91. The van der Waals surface area contributed by atoms with Crippen molar-refractivity contribution < 1.29 is 4.79 Å². The molecule has 2 N–H and O–H groups in total. The van der Waals surface area contributed by atoms with Gasteiger partial charge in [0.1, 0.15) is 0 Å². The number of hydrogen-bond donors (Lipinski definition) is 2. The lowest BCUT2D eigenvalue weighted by molar-refractivity contribution is 0.102. The summed E-state index contributed by atoms with van der Waals surface area (Å²) in [5.74, 6) is 0.0992. The Hall–Kier alpha value is -3.72. The van der Waals surface area contributed by atoms with E-state index in [-0.39, 0.29) is 5.91 Å². The Balaban J connectivity index is 1.66. The van der Waals surface area contributed by atoms with Crippen molar-refractivity contribution in [2.75, 3.05) is 10.6 Å². The second kappa shape index (κ2) is 7.03. The number of para-hydroxylation sites is 1. The van der Waals surface area contributed by atoms with Crippen LogP contribution in [-0.4, -0.2) is 15.9 Å². The molecule has 0 unspecified atom stereocenters. The van der Waals surface area contributed by atoms with E-state index in [1.807, 2.05) is 18.2 Å². The number of nitrogens with one attached hydrogen (secondary N) is 2. The van der Waals surface area contributed by atoms with Crippen LogP contribution in [0.4, 0.5) is 17.3 Å². The number of carbonyl (C=O) groups excluding carboxylic acids is 1. The van der Waals surface area contributed by atoms with Gasteiger partial charge in [-0.05, 0) is 36.4 Å². The molecule has 1 aromatic heterocycles. The van der Waals surface area contributed by atoms with Crippen LogP contribution in [0.1, 0.15) is 15.9 Å². The highest BCUT2D eigenvalue weighted by molar-refractivity contribution is 6.03. The second-order valence-electron chi connectivity index (χ2n) is 4.93. The molecule has 24 heavy (non-hydrogen) atoms. The Morgan fingerprint density at radius 3 is 2.21 bits per heavy atom. The van der Waals surface area contributed by atoms with Crippen LogP contribution in [0.2, 0.25) is 0 Å². The summed E-state index contributed by atoms with van der Waals surface area (Å²) in [4.78, 5) is 20.4. The molecular formula is C18H13N5O. The molecule has 0 atom stereocenters. The molecule has 0 saturated heterocycles. The molecule has 6 heteroatoms. The second-order valence-corrected chi connectivity index (χ2v) is 4.93. The molecule has 0 aliphatic rings. The first-order chi connectivity index (χ1) is 11.7. The number of nitriles is 1. The van der Waals surface area contributed by atoms with Gasteiger partial charge in [0.2, 0.25) is 5.95 Å². The molecule has 1 heterocycles. The van der Waals surface area contributed by atoms with E-state index in [4.69, 9.17) is 5.26 Å². The van der Waals surface area contributed by atoms with Crippen molar-refractivity contribution >= 4 is 23.2 Å². The average Bonchev–Trinajstić information content (AvgIpc) is 2.64. The summed E-state index contributed by atoms with van der Waals surface area (Å²) in [6, 6.07) is 18.2. The highest BCUT2D eigenvalue weighted by Gasteiger charge is 2.07. The van der Waals surface area contributed by atoms with Crippen LogP contribution in [0.5, 0.6) is 0 Å². The molecule has 2 aromatic carbocycles. The SMILES string of the molecule is N#Cc1ccc(Nc2ncc(C(=O)Nc3ccccc3)cn2)cc1. The van der Waals surface area contributed by atoms with Crippen molar-refractivity contribution in [3.05, 3.63) is 78.1 Å². The van der Waals surface area contributed by atoms with Crippen molar-refractivity contribution in [2.45, 2.75) is 0 Å². The highest BCUT2D eigenvalue weighted by Crippen LogP contribution is 2.14. The molecule has 0 aliphatic heterocycles. The number of aromatic nitrogens is 2. The summed E-state index contributed by atoms with van der Waals surface area (Å²) in [5.41, 5.74) is 2.41. The van der Waals surface area contributed by atoms with Crippen molar-refractivity contribution in [3.63, 3.8) is 0 Å². The predicted octanol–water partition coefficient (Wildman–Crippen LogP) is 3.34. The molecule has 1 amide bonds. The molecular weight excluding hydrogens is 302 g/mol. The van der Waals surface area contributed by atoms with Crippen molar-refractivity contribution in [1.82, 2.24) is 9.97 Å². The van der Waals surface area contributed by atoms with Gasteiger partial charge in [0.15, 0.2) is 0 Å². The molecule has 116 valence electrons. The minimum atomic E-state index is -0.272. The van der Waals surface area contributed by atoms with Gasteiger partial charge in [-0.15, -0.1) is 0 Å². The van der Waals surface area contributed by atoms with E-state index in [0.29, 0.717) is 22.8 Å². The van der Waals surface area contributed by atoms with E-state index in [1.165, 1.54) is 12.4 Å². The summed E-state index contributed by atoms with van der Waals surface area (Å²) < 4.78 is 0. The zero-order chi connectivity index (χ0) is 16.8. The van der Waals surface area contributed by atoms with Crippen LogP contribution < -0.4 is 10.6 Å². The van der Waals surface area contributed by atoms with E-state index < -0.39 is 0 Å². The summed E-state index contributed by atoms with van der Waals surface area (Å²) in [7, 11) is 0. The molecule has 0 fully saturated rings. The monoisotopic (exact) mass is 315 g/mol. The lowest BCUT2D eigenvalue weighted by atomic mass is 10.2. The zero-order valence-corrected chi connectivity index (χ0v) is 12.6. The van der Waals surface area contributed by atoms with Crippen LogP contribution in [0.15, 0.2) is 67.0 Å². The number of carbonyl (C=O) groups is 1. The van der Waals surface area contributed by atoms with E-state index >= 15 is 0 Å². The molecule has 3 rings (SSSR count). The fraction of sp³-hybridized carbons (Fsp3) is 0. The number of nitrogens with zero attached hydrogens (tertiary/aromatic N) is 3. The third-order valence-corrected chi connectivity index (χ3v) is 3.22. The molecule has 0 radical (unpaired) electrons. The van der Waals surface area contributed by atoms with Gasteiger partial charge in [-0.3, -0.25) is 4.79 Å². The number of rotatable bonds is 4. The Morgan fingerprint density at radius 1 is 0.917 bits per heavy atom. The van der Waals surface area contributed by atoms with Crippen LogP contribution in [0, 0.1) is 11.3 Å². The first-order valence-corrected chi connectivity index (χ1v) is 7.20. The van der Waals surface area contributed by atoms with E-state index in [9.17, 15) is 4.79 Å². The Bertz CT molecular complexity index is 868. The van der Waals surface area contributed by atoms with Gasteiger partial charge in [-0.25, -0.2) is 9.97 Å². The van der Waals surface area contributed by atoms with Crippen molar-refractivity contribution in [2.24, 2.45) is 0 Å². The fourth-order valence-corrected chi connectivity index (χ4v) is 1.99. The smallest absolute Gasteiger partial charge is 0.258 e. The maximum absolute atomic E-state index is 12.1. The first-order valence-electron chi connectivity index (χ1n) is 7.20. The summed E-state index contributed by atoms with van der Waals surface area (Å²) in [6.45, 7) is 0. The van der Waals surface area contributed by atoms with Crippen LogP contribution in [0.25, 0.3) is 0 Å². The number of anilines is 3. The minimum Gasteiger partial charge on any atom is -0.324 e. The zero-order valence-electron chi connectivity index (χ0n) is 12.6. The lowest BCUT2D eigenvalue weighted by Crippen LogP contribution is -2.13. The van der Waals surface area contributed by atoms with Gasteiger partial charge in [0.05, 0.1) is 17.2 Å². The van der Waals surface area contributed by atoms with Crippen LogP contribution in [-0.2, 0) is 0 Å². The maximum atomic E-state index is 12.1. The van der Waals surface area contributed by atoms with Crippen molar-refractivity contribution in [1.29, 1.82) is 5.26 Å². The normalized spacial score (nSPS) is 9.79. The summed E-state index contributed by atoms with van der Waals surface area (Å²) in [5, 5.41) is 14.6. The van der Waals surface area contributed by atoms with E-state index in [2.05, 4.69) is 26.7 Å². The van der Waals surface area contributed by atoms with E-state index in [0.717, 1.165) is 5.69 Å². The largest absolute Gasteiger partial charge is 0.324 e.